The molecule has 0 radical (unpaired) electrons. The Morgan fingerprint density at radius 1 is 0.455 bits per heavy atom. The highest BCUT2D eigenvalue weighted by Crippen LogP contribution is 2.24. The molecule has 0 atom stereocenters. The maximum absolute atomic E-state index is 8.55. The van der Waals surface area contributed by atoms with Crippen LogP contribution in [0.4, 0.5) is 0 Å². The molecule has 0 fully saturated rings. The van der Waals surface area contributed by atoms with Gasteiger partial charge in [0.05, 0.1) is 18.2 Å². The van der Waals surface area contributed by atoms with E-state index in [0.717, 1.165) is 25.2 Å². The summed E-state index contributed by atoms with van der Waals surface area (Å²) in [6, 6.07) is 6.63. The van der Waals surface area contributed by atoms with E-state index in [1.807, 2.05) is 0 Å². The highest BCUT2D eigenvalue weighted by atomic mass is 14.2. The van der Waals surface area contributed by atoms with Gasteiger partial charge in [-0.05, 0) is 25.2 Å². The molecular weight excluding hydrogens is 270 g/mol. The fourth-order valence-corrected chi connectivity index (χ4v) is 2.87. The minimum Gasteiger partial charge on any atom is -0.198 e. The monoisotopic (exact) mass is 301 g/mol. The van der Waals surface area contributed by atoms with Crippen LogP contribution in [0.5, 0.6) is 0 Å². The number of hydrogen-bond acceptors (Lipinski definition) is 3. The summed E-state index contributed by atoms with van der Waals surface area (Å²) in [4.78, 5) is 0. The van der Waals surface area contributed by atoms with Crippen LogP contribution in [0.3, 0.4) is 0 Å². The molecule has 0 aliphatic carbocycles. The molecular formula is C19H31N3. The van der Waals surface area contributed by atoms with Gasteiger partial charge in [-0.2, -0.15) is 15.8 Å². The summed E-state index contributed by atoms with van der Waals surface area (Å²) in [5.41, 5.74) is 0. The van der Waals surface area contributed by atoms with Crippen LogP contribution in [-0.4, -0.2) is 0 Å². The lowest BCUT2D eigenvalue weighted by molar-refractivity contribution is 0.370. The van der Waals surface area contributed by atoms with Crippen LogP contribution in [-0.2, 0) is 0 Å². The summed E-state index contributed by atoms with van der Waals surface area (Å²) in [6.07, 6.45) is 16.2. The Morgan fingerprint density at radius 3 is 1.05 bits per heavy atom. The smallest absolute Gasteiger partial charge is 0.0621 e. The standard InChI is InChI=1S/C19H31N3/c20-16-10-4-1-7-13-19(14-8-2-5-11-17-21)15-9-3-6-12-18-22/h19H,1-15H2. The molecule has 0 aromatic carbocycles. The SMILES string of the molecule is N#CCCCCCC(CCCCCC#N)CCCCCC#N. The van der Waals surface area contributed by atoms with Crippen LogP contribution in [0.2, 0.25) is 0 Å². The molecule has 0 N–H and O–H groups in total. The molecule has 0 saturated carbocycles. The van der Waals surface area contributed by atoms with Crippen LogP contribution in [0.15, 0.2) is 0 Å². The van der Waals surface area contributed by atoms with Gasteiger partial charge in [-0.25, -0.2) is 0 Å². The maximum Gasteiger partial charge on any atom is 0.0621 e. The Bertz CT molecular complexity index is 299. The van der Waals surface area contributed by atoms with E-state index >= 15 is 0 Å². The average molecular weight is 301 g/mol. The van der Waals surface area contributed by atoms with Crippen LogP contribution in [0.1, 0.15) is 96.3 Å². The zero-order valence-corrected chi connectivity index (χ0v) is 14.0. The molecule has 0 rings (SSSR count). The lowest BCUT2D eigenvalue weighted by Crippen LogP contribution is -2.01. The predicted molar refractivity (Wildman–Crippen MR) is 89.6 cm³/mol. The number of nitrogens with zero attached hydrogens (tertiary/aromatic N) is 3. The number of rotatable bonds is 15. The van der Waals surface area contributed by atoms with Gasteiger partial charge in [0.15, 0.2) is 0 Å². The minimum atomic E-state index is 0.687. The largest absolute Gasteiger partial charge is 0.198 e. The minimum absolute atomic E-state index is 0.687. The quantitative estimate of drug-likeness (QED) is 0.347. The third-order valence-corrected chi connectivity index (χ3v) is 4.20. The molecule has 0 saturated heterocycles. The van der Waals surface area contributed by atoms with Crippen molar-refractivity contribution in [3.8, 4) is 18.2 Å². The topological polar surface area (TPSA) is 71.4 Å². The summed E-state index contributed by atoms with van der Waals surface area (Å²) in [6.45, 7) is 0. The molecule has 0 heterocycles. The Balaban J connectivity index is 3.80. The van der Waals surface area contributed by atoms with Crippen molar-refractivity contribution in [2.45, 2.75) is 96.3 Å². The summed E-state index contributed by atoms with van der Waals surface area (Å²) in [5.74, 6) is 0.797. The van der Waals surface area contributed by atoms with Crippen LogP contribution in [0, 0.1) is 39.9 Å². The van der Waals surface area contributed by atoms with E-state index in [1.165, 1.54) is 57.8 Å². The van der Waals surface area contributed by atoms with Gasteiger partial charge in [-0.3, -0.25) is 0 Å². The lowest BCUT2D eigenvalue weighted by Gasteiger charge is -2.16. The van der Waals surface area contributed by atoms with Crippen molar-refractivity contribution in [2.75, 3.05) is 0 Å². The second-order valence-corrected chi connectivity index (χ2v) is 6.14. The predicted octanol–water partition coefficient (Wildman–Crippen LogP) is 6.02. The first-order valence-electron chi connectivity index (χ1n) is 8.96. The summed E-state index contributed by atoms with van der Waals surface area (Å²) in [7, 11) is 0. The molecule has 3 nitrogen and oxygen atoms in total. The third-order valence-electron chi connectivity index (χ3n) is 4.20. The van der Waals surface area contributed by atoms with Crippen LogP contribution < -0.4 is 0 Å². The first kappa shape index (κ1) is 20.5. The average Bonchev–Trinajstić information content (AvgIpc) is 2.53. The van der Waals surface area contributed by atoms with Gasteiger partial charge in [0.2, 0.25) is 0 Å². The molecule has 0 unspecified atom stereocenters. The van der Waals surface area contributed by atoms with Crippen molar-refractivity contribution in [3.05, 3.63) is 0 Å². The first-order valence-corrected chi connectivity index (χ1v) is 8.96. The Morgan fingerprint density at radius 2 is 0.773 bits per heavy atom. The molecule has 0 amide bonds. The first-order chi connectivity index (χ1) is 10.8. The van der Waals surface area contributed by atoms with E-state index in [1.54, 1.807) is 0 Å². The van der Waals surface area contributed by atoms with Gasteiger partial charge >= 0.3 is 0 Å². The number of unbranched alkanes of at least 4 members (excludes halogenated alkanes) is 9. The second kappa shape index (κ2) is 17.5. The van der Waals surface area contributed by atoms with Crippen LogP contribution >= 0.6 is 0 Å². The summed E-state index contributed by atoms with van der Waals surface area (Å²) < 4.78 is 0. The van der Waals surface area contributed by atoms with Crippen LogP contribution in [0.25, 0.3) is 0 Å². The molecule has 0 bridgehead atoms. The summed E-state index contributed by atoms with van der Waals surface area (Å²) >= 11 is 0. The van der Waals surface area contributed by atoms with Crippen molar-refractivity contribution in [2.24, 2.45) is 5.92 Å². The normalized spacial score (nSPS) is 10.1. The Hall–Kier alpha value is -1.53. The fraction of sp³-hybridized carbons (Fsp3) is 0.842. The Kier molecular flexibility index (Phi) is 16.3. The van der Waals surface area contributed by atoms with E-state index in [-0.39, 0.29) is 0 Å². The van der Waals surface area contributed by atoms with Gasteiger partial charge in [0.1, 0.15) is 0 Å². The van der Waals surface area contributed by atoms with E-state index in [2.05, 4.69) is 18.2 Å². The van der Waals surface area contributed by atoms with Crippen molar-refractivity contribution in [1.29, 1.82) is 15.8 Å². The van der Waals surface area contributed by atoms with E-state index in [0.29, 0.717) is 19.3 Å². The molecule has 0 aliphatic rings. The fourth-order valence-electron chi connectivity index (χ4n) is 2.87. The van der Waals surface area contributed by atoms with Crippen molar-refractivity contribution < 1.29 is 0 Å². The number of nitriles is 3. The van der Waals surface area contributed by atoms with Gasteiger partial charge < -0.3 is 0 Å². The Labute approximate surface area is 136 Å². The molecule has 22 heavy (non-hydrogen) atoms. The molecule has 122 valence electrons. The van der Waals surface area contributed by atoms with E-state index in [4.69, 9.17) is 15.8 Å². The van der Waals surface area contributed by atoms with Crippen molar-refractivity contribution >= 4 is 0 Å². The molecule has 0 aliphatic heterocycles. The summed E-state index contributed by atoms with van der Waals surface area (Å²) in [5, 5.41) is 25.7. The highest BCUT2D eigenvalue weighted by Gasteiger charge is 2.08. The molecule has 0 aromatic heterocycles. The molecule has 0 spiro atoms. The van der Waals surface area contributed by atoms with Gasteiger partial charge in [0.25, 0.3) is 0 Å². The van der Waals surface area contributed by atoms with E-state index < -0.39 is 0 Å². The highest BCUT2D eigenvalue weighted by molar-refractivity contribution is 4.71. The maximum atomic E-state index is 8.55. The third kappa shape index (κ3) is 14.9. The second-order valence-electron chi connectivity index (χ2n) is 6.14. The van der Waals surface area contributed by atoms with E-state index in [9.17, 15) is 0 Å². The molecule has 0 aromatic rings. The van der Waals surface area contributed by atoms with Gasteiger partial charge in [-0.15, -0.1) is 0 Å². The molecule has 3 heteroatoms. The number of hydrogen-bond donors (Lipinski definition) is 0. The van der Waals surface area contributed by atoms with Gasteiger partial charge in [-0.1, -0.05) is 57.8 Å². The van der Waals surface area contributed by atoms with Gasteiger partial charge in [0, 0.05) is 19.3 Å². The zero-order chi connectivity index (χ0) is 16.3. The zero-order valence-electron chi connectivity index (χ0n) is 14.0. The van der Waals surface area contributed by atoms with Crippen molar-refractivity contribution in [1.82, 2.24) is 0 Å². The lowest BCUT2D eigenvalue weighted by atomic mass is 9.89. The van der Waals surface area contributed by atoms with Crippen molar-refractivity contribution in [3.63, 3.8) is 0 Å².